The van der Waals surface area contributed by atoms with Crippen molar-refractivity contribution in [1.82, 2.24) is 25.1 Å². The zero-order chi connectivity index (χ0) is 45.2. The Morgan fingerprint density at radius 1 is 0.594 bits per heavy atom. The lowest BCUT2D eigenvalue weighted by molar-refractivity contribution is -0.139. The molecular formula is C53H57N5O4S2. The molecule has 0 spiro atoms. The molecule has 0 bridgehead atoms. The average molecular weight is 892 g/mol. The van der Waals surface area contributed by atoms with Crippen molar-refractivity contribution in [3.05, 3.63) is 143 Å². The van der Waals surface area contributed by atoms with Gasteiger partial charge >= 0.3 is 0 Å². The minimum atomic E-state index is -0.772. The quantitative estimate of drug-likeness (QED) is 0.131. The molecule has 8 rings (SSSR count). The Kier molecular flexibility index (Phi) is 13.1. The number of benzene rings is 4. The van der Waals surface area contributed by atoms with Crippen LogP contribution in [0.5, 0.6) is 0 Å². The van der Waals surface area contributed by atoms with Gasteiger partial charge in [-0.1, -0.05) is 151 Å². The normalized spacial score (nSPS) is 17.6. The number of nitrogens with one attached hydrogen (secondary N) is 1. The van der Waals surface area contributed by atoms with E-state index in [1.165, 1.54) is 0 Å². The molecule has 3 amide bonds. The van der Waals surface area contributed by atoms with Crippen molar-refractivity contribution >= 4 is 46.2 Å². The SMILES string of the molecule is CC(C)(C)C(=O)C[C@@H](C(=O)N1CCC[C@H]1c1ncc(-c2ccc(-c3ccc(-c4cnc([C@@H]5CCCN5C(=O)[C@H](NC(=O)C(C)(C)C)c5ccccc5)s4)cc3)cc2)s1)c1ccccc1. The Morgan fingerprint density at radius 3 is 1.48 bits per heavy atom. The number of aromatic nitrogens is 2. The summed E-state index contributed by atoms with van der Waals surface area (Å²) in [4.78, 5) is 70.4. The number of amides is 3. The first kappa shape index (κ1) is 44.8. The summed E-state index contributed by atoms with van der Waals surface area (Å²) >= 11 is 3.25. The number of carbonyl (C=O) groups is 4. The summed E-state index contributed by atoms with van der Waals surface area (Å²) in [6, 6.07) is 35.2. The van der Waals surface area contributed by atoms with Gasteiger partial charge in [-0.3, -0.25) is 19.2 Å². The molecule has 0 saturated carbocycles. The lowest BCUT2D eigenvalue weighted by Crippen LogP contribution is -2.45. The molecule has 4 heterocycles. The van der Waals surface area contributed by atoms with Gasteiger partial charge in [0.05, 0.1) is 27.8 Å². The molecule has 2 saturated heterocycles. The number of Topliss-reactive ketones (excluding diaryl/α,β-unsaturated/α-hetero) is 1. The van der Waals surface area contributed by atoms with Gasteiger partial charge in [0.15, 0.2) is 0 Å². The summed E-state index contributed by atoms with van der Waals surface area (Å²) in [6.45, 7) is 12.6. The summed E-state index contributed by atoms with van der Waals surface area (Å²) < 4.78 is 0. The topological polar surface area (TPSA) is 113 Å². The highest BCUT2D eigenvalue weighted by Crippen LogP contribution is 2.42. The maximum Gasteiger partial charge on any atom is 0.250 e. The van der Waals surface area contributed by atoms with E-state index in [0.717, 1.165) is 78.8 Å². The highest BCUT2D eigenvalue weighted by molar-refractivity contribution is 7.15. The van der Waals surface area contributed by atoms with Crippen LogP contribution in [0.3, 0.4) is 0 Å². The molecule has 2 fully saturated rings. The van der Waals surface area contributed by atoms with Crippen LogP contribution in [-0.2, 0) is 19.2 Å². The Labute approximate surface area is 385 Å². The van der Waals surface area contributed by atoms with Gasteiger partial charge in [-0.2, -0.15) is 0 Å². The molecule has 6 aromatic rings. The van der Waals surface area contributed by atoms with Crippen molar-refractivity contribution in [1.29, 1.82) is 0 Å². The predicted octanol–water partition coefficient (Wildman–Crippen LogP) is 11.6. The second-order valence-corrected chi connectivity index (χ2v) is 21.2. The number of carbonyl (C=O) groups excluding carboxylic acids is 4. The highest BCUT2D eigenvalue weighted by atomic mass is 32.1. The Bertz CT molecular complexity index is 2410. The lowest BCUT2D eigenvalue weighted by Gasteiger charge is -2.30. The maximum absolute atomic E-state index is 14.3. The van der Waals surface area contributed by atoms with E-state index in [1.54, 1.807) is 22.7 Å². The van der Waals surface area contributed by atoms with Gasteiger partial charge in [-0.15, -0.1) is 22.7 Å². The van der Waals surface area contributed by atoms with Crippen molar-refractivity contribution in [2.24, 2.45) is 10.8 Å². The second kappa shape index (κ2) is 18.7. The van der Waals surface area contributed by atoms with Crippen LogP contribution >= 0.6 is 22.7 Å². The summed E-state index contributed by atoms with van der Waals surface area (Å²) in [5.41, 5.74) is 4.81. The molecule has 0 aliphatic carbocycles. The molecule has 2 aromatic heterocycles. The fourth-order valence-electron chi connectivity index (χ4n) is 8.55. The van der Waals surface area contributed by atoms with Gasteiger partial charge < -0.3 is 15.1 Å². The van der Waals surface area contributed by atoms with E-state index in [2.05, 4.69) is 53.8 Å². The summed E-state index contributed by atoms with van der Waals surface area (Å²) in [6.07, 6.45) is 7.43. The maximum atomic E-state index is 14.3. The van der Waals surface area contributed by atoms with Gasteiger partial charge in [0.25, 0.3) is 0 Å². The number of rotatable bonds is 12. The number of nitrogens with zero attached hydrogens (tertiary/aromatic N) is 4. The van der Waals surface area contributed by atoms with Gasteiger partial charge in [0.2, 0.25) is 17.7 Å². The molecule has 9 nitrogen and oxygen atoms in total. The third-order valence-electron chi connectivity index (χ3n) is 12.4. The van der Waals surface area contributed by atoms with E-state index in [-0.39, 0.29) is 42.0 Å². The second-order valence-electron chi connectivity index (χ2n) is 19.1. The van der Waals surface area contributed by atoms with E-state index in [0.29, 0.717) is 13.1 Å². The third kappa shape index (κ3) is 9.81. The fraction of sp³-hybridized carbons (Fsp3) is 0.358. The van der Waals surface area contributed by atoms with E-state index >= 15 is 0 Å². The number of hydrogen-bond acceptors (Lipinski definition) is 8. The van der Waals surface area contributed by atoms with Crippen LogP contribution < -0.4 is 5.32 Å². The van der Waals surface area contributed by atoms with Crippen LogP contribution in [-0.4, -0.2) is 56.4 Å². The van der Waals surface area contributed by atoms with E-state index in [9.17, 15) is 19.2 Å². The highest BCUT2D eigenvalue weighted by Gasteiger charge is 2.40. The first-order chi connectivity index (χ1) is 30.7. The number of likely N-dealkylation sites (tertiary alicyclic amines) is 2. The number of ketones is 1. The van der Waals surface area contributed by atoms with Crippen molar-refractivity contribution in [2.45, 2.75) is 97.7 Å². The monoisotopic (exact) mass is 891 g/mol. The molecule has 4 aromatic carbocycles. The van der Waals surface area contributed by atoms with Crippen molar-refractivity contribution in [2.75, 3.05) is 13.1 Å². The summed E-state index contributed by atoms with van der Waals surface area (Å²) in [5.74, 6) is -0.725. The molecule has 11 heteroatoms. The minimum absolute atomic E-state index is 0.00159. The smallest absolute Gasteiger partial charge is 0.250 e. The van der Waals surface area contributed by atoms with Crippen molar-refractivity contribution < 1.29 is 19.2 Å². The Hall–Kier alpha value is -5.78. The molecule has 0 unspecified atom stereocenters. The Morgan fingerprint density at radius 2 is 1.03 bits per heavy atom. The minimum Gasteiger partial charge on any atom is -0.340 e. The molecule has 2 aliphatic heterocycles. The van der Waals surface area contributed by atoms with Crippen LogP contribution in [0.25, 0.3) is 32.0 Å². The standard InChI is InChI=1S/C53H57N5O4S2/c1-52(2,3)45(59)31-40(36-15-9-7-10-16-36)49(60)57-29-13-19-41(57)47-54-32-43(63-47)37-25-21-34(22-26-37)35-23-27-38(28-24-35)44-33-55-48(64-44)42-20-14-30-58(42)50(61)46(39-17-11-8-12-18-39)56-51(62)53(4,5)6/h7-12,15-18,21-28,32-33,40-42,46H,13-14,19-20,29-31H2,1-6H3,(H,56,62)/t40-,41+,42+,46-/m1/s1. The zero-order valence-corrected chi connectivity index (χ0v) is 39.2. The van der Waals surface area contributed by atoms with Gasteiger partial charge in [-0.05, 0) is 59.1 Å². The number of hydrogen-bond donors (Lipinski definition) is 1. The van der Waals surface area contributed by atoms with Gasteiger partial charge in [0, 0.05) is 42.7 Å². The van der Waals surface area contributed by atoms with Gasteiger partial charge in [-0.25, -0.2) is 9.97 Å². The first-order valence-electron chi connectivity index (χ1n) is 22.3. The summed E-state index contributed by atoms with van der Waals surface area (Å²) in [7, 11) is 0. The number of thiazole rings is 2. The third-order valence-corrected chi connectivity index (χ3v) is 14.7. The molecular weight excluding hydrogens is 835 g/mol. The molecule has 1 N–H and O–H groups in total. The van der Waals surface area contributed by atoms with Crippen LogP contribution in [0.15, 0.2) is 122 Å². The predicted molar refractivity (Wildman–Crippen MR) is 257 cm³/mol. The fourth-order valence-corrected chi connectivity index (χ4v) is 10.7. The zero-order valence-electron chi connectivity index (χ0n) is 37.5. The molecule has 330 valence electrons. The van der Waals surface area contributed by atoms with E-state index < -0.39 is 22.8 Å². The van der Waals surface area contributed by atoms with E-state index in [4.69, 9.17) is 9.97 Å². The average Bonchev–Trinajstić information content (AvgIpc) is 4.14. The molecule has 4 atom stereocenters. The van der Waals surface area contributed by atoms with Crippen LogP contribution in [0, 0.1) is 10.8 Å². The van der Waals surface area contributed by atoms with Crippen molar-refractivity contribution in [3.63, 3.8) is 0 Å². The molecule has 2 aliphatic rings. The van der Waals surface area contributed by atoms with Crippen LogP contribution in [0.2, 0.25) is 0 Å². The molecule has 0 radical (unpaired) electrons. The first-order valence-corrected chi connectivity index (χ1v) is 24.0. The van der Waals surface area contributed by atoms with Crippen molar-refractivity contribution in [3.8, 4) is 32.0 Å². The van der Waals surface area contributed by atoms with Gasteiger partial charge in [0.1, 0.15) is 21.8 Å². The van der Waals surface area contributed by atoms with E-state index in [1.807, 2.05) is 124 Å². The largest absolute Gasteiger partial charge is 0.340 e. The van der Waals surface area contributed by atoms with Crippen LogP contribution in [0.1, 0.15) is 119 Å². The molecule has 64 heavy (non-hydrogen) atoms. The summed E-state index contributed by atoms with van der Waals surface area (Å²) in [5, 5.41) is 4.87. The lowest BCUT2D eigenvalue weighted by atomic mass is 9.82. The Balaban J connectivity index is 0.931. The van der Waals surface area contributed by atoms with Crippen LogP contribution in [0.4, 0.5) is 0 Å².